The number of carboxylic acids is 1. The number of likely N-dealkylation sites (tertiary alicyclic amines) is 1. The quantitative estimate of drug-likeness (QED) is 0.714. The first kappa shape index (κ1) is 17.9. The van der Waals surface area contributed by atoms with Gasteiger partial charge in [-0.05, 0) is 52.0 Å². The van der Waals surface area contributed by atoms with Crippen LogP contribution < -0.4 is 5.32 Å². The second kappa shape index (κ2) is 8.43. The molecule has 0 radical (unpaired) electrons. The van der Waals surface area contributed by atoms with E-state index in [0.717, 1.165) is 39.1 Å². The Hall–Kier alpha value is -1.43. The summed E-state index contributed by atoms with van der Waals surface area (Å²) in [5.41, 5.74) is 0.536. The van der Waals surface area contributed by atoms with E-state index >= 15 is 0 Å². The molecule has 1 fully saturated rings. The van der Waals surface area contributed by atoms with Crippen molar-refractivity contribution < 1.29 is 9.90 Å². The molecule has 128 valence electrons. The van der Waals surface area contributed by atoms with Crippen LogP contribution in [0.25, 0.3) is 0 Å². The molecule has 1 saturated heterocycles. The highest BCUT2D eigenvalue weighted by Gasteiger charge is 2.40. The van der Waals surface area contributed by atoms with Crippen LogP contribution in [0.4, 0.5) is 0 Å². The summed E-state index contributed by atoms with van der Waals surface area (Å²) in [4.78, 5) is 16.2. The Kier molecular flexibility index (Phi) is 6.57. The predicted octanol–water partition coefficient (Wildman–Crippen LogP) is 1.65. The fourth-order valence-electron chi connectivity index (χ4n) is 3.12. The fraction of sp³-hybridized carbons (Fsp3) is 0.611. The lowest BCUT2D eigenvalue weighted by molar-refractivity contribution is -0.147. The summed E-state index contributed by atoms with van der Waals surface area (Å²) in [7, 11) is 4.07. The highest BCUT2D eigenvalue weighted by molar-refractivity contribution is 5.79. The van der Waals surface area contributed by atoms with Crippen LogP contribution in [-0.4, -0.2) is 66.7 Å². The Morgan fingerprint density at radius 2 is 1.91 bits per heavy atom. The largest absolute Gasteiger partial charge is 0.480 e. The lowest BCUT2D eigenvalue weighted by Crippen LogP contribution is -2.58. The standard InChI is InChI=1S/C18H29N3O2/c1-20(2)12-6-11-19-18(17(22)23)9-13-21(14-10-18)15-16-7-4-3-5-8-16/h3-5,7-8,19H,6,9-15H2,1-2H3,(H,22,23). The maximum atomic E-state index is 11.8. The minimum absolute atomic E-state index is 0.664. The Morgan fingerprint density at radius 1 is 1.26 bits per heavy atom. The molecule has 23 heavy (non-hydrogen) atoms. The van der Waals surface area contributed by atoms with Crippen LogP contribution in [0.1, 0.15) is 24.8 Å². The van der Waals surface area contributed by atoms with Crippen molar-refractivity contribution in [3.8, 4) is 0 Å². The number of carbonyl (C=O) groups is 1. The van der Waals surface area contributed by atoms with Gasteiger partial charge in [0.15, 0.2) is 0 Å². The van der Waals surface area contributed by atoms with Gasteiger partial charge in [-0.2, -0.15) is 0 Å². The Balaban J connectivity index is 1.83. The maximum Gasteiger partial charge on any atom is 0.323 e. The Morgan fingerprint density at radius 3 is 2.48 bits per heavy atom. The number of piperidine rings is 1. The second-order valence-corrected chi connectivity index (χ2v) is 6.73. The molecule has 1 aliphatic heterocycles. The molecule has 1 heterocycles. The summed E-state index contributed by atoms with van der Waals surface area (Å²) in [6, 6.07) is 10.4. The molecule has 0 aliphatic carbocycles. The van der Waals surface area contributed by atoms with E-state index < -0.39 is 11.5 Å². The minimum atomic E-state index is -0.750. The number of benzene rings is 1. The van der Waals surface area contributed by atoms with Crippen LogP contribution in [0, 0.1) is 0 Å². The summed E-state index contributed by atoms with van der Waals surface area (Å²) in [5.74, 6) is -0.707. The van der Waals surface area contributed by atoms with Gasteiger partial charge in [-0.3, -0.25) is 9.69 Å². The third kappa shape index (κ3) is 5.30. The van der Waals surface area contributed by atoms with Crippen molar-refractivity contribution in [2.24, 2.45) is 0 Å². The smallest absolute Gasteiger partial charge is 0.323 e. The van der Waals surface area contributed by atoms with Gasteiger partial charge in [0.25, 0.3) is 0 Å². The van der Waals surface area contributed by atoms with Gasteiger partial charge in [0, 0.05) is 19.6 Å². The van der Waals surface area contributed by atoms with Crippen molar-refractivity contribution in [2.75, 3.05) is 40.3 Å². The maximum absolute atomic E-state index is 11.8. The zero-order chi connectivity index (χ0) is 16.7. The first-order valence-electron chi connectivity index (χ1n) is 8.41. The minimum Gasteiger partial charge on any atom is -0.480 e. The van der Waals surface area contributed by atoms with Crippen molar-refractivity contribution in [2.45, 2.75) is 31.3 Å². The third-order valence-corrected chi connectivity index (χ3v) is 4.61. The molecule has 0 amide bonds. The lowest BCUT2D eigenvalue weighted by Gasteiger charge is -2.39. The van der Waals surface area contributed by atoms with E-state index in [1.165, 1.54) is 5.56 Å². The topological polar surface area (TPSA) is 55.8 Å². The number of nitrogens with zero attached hydrogens (tertiary/aromatic N) is 2. The van der Waals surface area contributed by atoms with Crippen molar-refractivity contribution in [3.05, 3.63) is 35.9 Å². The monoisotopic (exact) mass is 319 g/mol. The fourth-order valence-corrected chi connectivity index (χ4v) is 3.12. The molecule has 5 nitrogen and oxygen atoms in total. The third-order valence-electron chi connectivity index (χ3n) is 4.61. The molecule has 0 atom stereocenters. The van der Waals surface area contributed by atoms with Crippen LogP contribution >= 0.6 is 0 Å². The van der Waals surface area contributed by atoms with E-state index in [-0.39, 0.29) is 0 Å². The zero-order valence-electron chi connectivity index (χ0n) is 14.3. The molecule has 0 aromatic heterocycles. The van der Waals surface area contributed by atoms with Gasteiger partial charge < -0.3 is 15.3 Å². The average molecular weight is 319 g/mol. The highest BCUT2D eigenvalue weighted by Crippen LogP contribution is 2.24. The number of hydrogen-bond donors (Lipinski definition) is 2. The molecule has 5 heteroatoms. The molecule has 0 spiro atoms. The second-order valence-electron chi connectivity index (χ2n) is 6.73. The number of carboxylic acid groups (broad SMARTS) is 1. The molecule has 2 N–H and O–H groups in total. The molecule has 2 rings (SSSR count). The van der Waals surface area contributed by atoms with Gasteiger partial charge in [-0.25, -0.2) is 0 Å². The highest BCUT2D eigenvalue weighted by atomic mass is 16.4. The molecule has 1 aromatic carbocycles. The van der Waals surface area contributed by atoms with Crippen molar-refractivity contribution in [3.63, 3.8) is 0 Å². The van der Waals surface area contributed by atoms with Gasteiger partial charge in [0.05, 0.1) is 0 Å². The van der Waals surface area contributed by atoms with Crippen LogP contribution in [0.3, 0.4) is 0 Å². The first-order valence-corrected chi connectivity index (χ1v) is 8.41. The van der Waals surface area contributed by atoms with Gasteiger partial charge in [-0.15, -0.1) is 0 Å². The van der Waals surface area contributed by atoms with E-state index in [1.807, 2.05) is 32.3 Å². The van der Waals surface area contributed by atoms with E-state index in [2.05, 4.69) is 27.2 Å². The molecule has 0 bridgehead atoms. The Bertz CT molecular complexity index is 482. The predicted molar refractivity (Wildman–Crippen MR) is 92.5 cm³/mol. The van der Waals surface area contributed by atoms with E-state index in [0.29, 0.717) is 12.8 Å². The van der Waals surface area contributed by atoms with E-state index in [1.54, 1.807) is 0 Å². The average Bonchev–Trinajstić information content (AvgIpc) is 2.54. The van der Waals surface area contributed by atoms with Crippen LogP contribution in [0.15, 0.2) is 30.3 Å². The van der Waals surface area contributed by atoms with E-state index in [4.69, 9.17) is 0 Å². The zero-order valence-corrected chi connectivity index (χ0v) is 14.3. The molecular weight excluding hydrogens is 290 g/mol. The molecule has 1 aromatic rings. The summed E-state index contributed by atoms with van der Waals surface area (Å²) < 4.78 is 0. The van der Waals surface area contributed by atoms with E-state index in [9.17, 15) is 9.90 Å². The summed E-state index contributed by atoms with van der Waals surface area (Å²) in [6.45, 7) is 4.27. The van der Waals surface area contributed by atoms with Gasteiger partial charge in [0.1, 0.15) is 5.54 Å². The Labute approximate surface area is 139 Å². The van der Waals surface area contributed by atoms with Gasteiger partial charge >= 0.3 is 5.97 Å². The normalized spacial score (nSPS) is 18.2. The summed E-state index contributed by atoms with van der Waals surface area (Å²) in [6.07, 6.45) is 2.30. The van der Waals surface area contributed by atoms with Crippen LogP contribution in [0.5, 0.6) is 0 Å². The van der Waals surface area contributed by atoms with Crippen LogP contribution in [0.2, 0.25) is 0 Å². The molecule has 1 aliphatic rings. The lowest BCUT2D eigenvalue weighted by atomic mass is 9.87. The number of hydrogen-bond acceptors (Lipinski definition) is 4. The van der Waals surface area contributed by atoms with Gasteiger partial charge in [0.2, 0.25) is 0 Å². The summed E-state index contributed by atoms with van der Waals surface area (Å²) >= 11 is 0. The van der Waals surface area contributed by atoms with Crippen molar-refractivity contribution in [1.29, 1.82) is 0 Å². The van der Waals surface area contributed by atoms with Gasteiger partial charge in [-0.1, -0.05) is 30.3 Å². The van der Waals surface area contributed by atoms with Crippen LogP contribution in [-0.2, 0) is 11.3 Å². The number of rotatable bonds is 8. The number of nitrogens with one attached hydrogen (secondary N) is 1. The molecule has 0 unspecified atom stereocenters. The SMILES string of the molecule is CN(C)CCCNC1(C(=O)O)CCN(Cc2ccccc2)CC1. The number of aliphatic carboxylic acids is 1. The summed E-state index contributed by atoms with van der Waals surface area (Å²) in [5, 5.41) is 13.0. The first-order chi connectivity index (χ1) is 11.0. The van der Waals surface area contributed by atoms with Crippen molar-refractivity contribution in [1.82, 2.24) is 15.1 Å². The molecular formula is C18H29N3O2. The van der Waals surface area contributed by atoms with Crippen molar-refractivity contribution >= 4 is 5.97 Å². The molecule has 0 saturated carbocycles.